The van der Waals surface area contributed by atoms with Crippen LogP contribution in [0.5, 0.6) is 28.7 Å². The van der Waals surface area contributed by atoms with E-state index < -0.39 is 54.2 Å². The summed E-state index contributed by atoms with van der Waals surface area (Å²) >= 11 is 0. The first-order chi connectivity index (χ1) is 16.3. The van der Waals surface area contributed by atoms with Gasteiger partial charge in [0, 0.05) is 11.6 Å². The number of benzene rings is 2. The Hall–Kier alpha value is -3.55. The van der Waals surface area contributed by atoms with Crippen LogP contribution in [0.25, 0.3) is 22.3 Å². The Morgan fingerprint density at radius 3 is 2.44 bits per heavy atom. The zero-order valence-corrected chi connectivity index (χ0v) is 17.3. The molecule has 5 atom stereocenters. The van der Waals surface area contributed by atoms with Gasteiger partial charge in [0.05, 0.1) is 6.61 Å². The van der Waals surface area contributed by atoms with Crippen LogP contribution in [-0.4, -0.2) is 74.7 Å². The molecule has 3 heterocycles. The van der Waals surface area contributed by atoms with Crippen molar-refractivity contribution in [3.8, 4) is 40.1 Å². The molecular weight excluding hydrogens is 456 g/mol. The zero-order valence-electron chi connectivity index (χ0n) is 17.3. The molecule has 2 aliphatic rings. The first kappa shape index (κ1) is 22.3. The number of fused-ring (bicyclic) bond motifs is 2. The van der Waals surface area contributed by atoms with Gasteiger partial charge in [-0.2, -0.15) is 0 Å². The van der Waals surface area contributed by atoms with Gasteiger partial charge in [0.15, 0.2) is 17.3 Å². The van der Waals surface area contributed by atoms with Crippen LogP contribution < -0.4 is 19.6 Å². The van der Waals surface area contributed by atoms with Crippen LogP contribution in [0, 0.1) is 0 Å². The maximum Gasteiger partial charge on any atom is 0.239 e. The molecule has 0 saturated carbocycles. The van der Waals surface area contributed by atoms with E-state index in [1.807, 2.05) is 0 Å². The van der Waals surface area contributed by atoms with E-state index in [9.17, 15) is 35.4 Å². The summed E-state index contributed by atoms with van der Waals surface area (Å²) in [5.74, 6) is -1.15. The Morgan fingerprint density at radius 1 is 1.00 bits per heavy atom. The summed E-state index contributed by atoms with van der Waals surface area (Å²) in [5, 5.41) is 59.9. The van der Waals surface area contributed by atoms with Crippen LogP contribution in [0.3, 0.4) is 0 Å². The molecule has 1 fully saturated rings. The average Bonchev–Trinajstić information content (AvgIpc) is 3.30. The van der Waals surface area contributed by atoms with E-state index in [1.54, 1.807) is 0 Å². The molecule has 12 nitrogen and oxygen atoms in total. The molecule has 1 aromatic heterocycles. The number of hydrogen-bond acceptors (Lipinski definition) is 12. The van der Waals surface area contributed by atoms with Crippen LogP contribution in [0.15, 0.2) is 39.5 Å². The summed E-state index contributed by atoms with van der Waals surface area (Å²) in [5.41, 5.74) is -0.637. The Kier molecular flexibility index (Phi) is 5.46. The number of aliphatic hydroxyl groups is 4. The normalized spacial score (nSPS) is 26.1. The molecule has 4 unspecified atom stereocenters. The SMILES string of the molecule is O=c1c(O[C@@H]2OC(CO)C(O)C(O)C2O)c(-c2ccc(O)cc2)oc2cc3c(c(O)c12)OCO3. The van der Waals surface area contributed by atoms with Crippen LogP contribution in [0.4, 0.5) is 0 Å². The van der Waals surface area contributed by atoms with E-state index in [-0.39, 0.29) is 46.3 Å². The van der Waals surface area contributed by atoms with Gasteiger partial charge in [-0.3, -0.25) is 4.79 Å². The third-order valence-electron chi connectivity index (χ3n) is 5.67. The second kappa shape index (κ2) is 8.34. The Balaban J connectivity index is 1.69. The summed E-state index contributed by atoms with van der Waals surface area (Å²) in [7, 11) is 0. The van der Waals surface area contributed by atoms with Crippen molar-refractivity contribution in [3.63, 3.8) is 0 Å². The smallest absolute Gasteiger partial charge is 0.239 e. The van der Waals surface area contributed by atoms with Gasteiger partial charge in [0.2, 0.25) is 30.0 Å². The van der Waals surface area contributed by atoms with E-state index in [2.05, 4.69) is 0 Å². The Morgan fingerprint density at radius 2 is 1.74 bits per heavy atom. The molecule has 2 aliphatic heterocycles. The van der Waals surface area contributed by atoms with Crippen LogP contribution in [0.1, 0.15) is 0 Å². The van der Waals surface area contributed by atoms with Gasteiger partial charge in [0.1, 0.15) is 41.1 Å². The second-order valence-electron chi connectivity index (χ2n) is 7.78. The van der Waals surface area contributed by atoms with Crippen molar-refractivity contribution in [2.75, 3.05) is 13.4 Å². The maximum absolute atomic E-state index is 13.5. The predicted molar refractivity (Wildman–Crippen MR) is 112 cm³/mol. The predicted octanol–water partition coefficient (Wildman–Crippen LogP) is -0.221. The van der Waals surface area contributed by atoms with E-state index >= 15 is 0 Å². The lowest BCUT2D eigenvalue weighted by Crippen LogP contribution is -2.60. The molecule has 0 amide bonds. The average molecular weight is 476 g/mol. The minimum absolute atomic E-state index is 0.0516. The number of ether oxygens (including phenoxy) is 4. The fourth-order valence-corrected chi connectivity index (χ4v) is 3.87. The molecule has 12 heteroatoms. The van der Waals surface area contributed by atoms with Crippen molar-refractivity contribution in [3.05, 3.63) is 40.6 Å². The summed E-state index contributed by atoms with van der Waals surface area (Å²) in [6, 6.07) is 6.92. The molecule has 0 radical (unpaired) electrons. The number of phenolic OH excluding ortho intramolecular Hbond substituents is 2. The number of rotatable bonds is 4. The van der Waals surface area contributed by atoms with E-state index in [1.165, 1.54) is 30.3 Å². The van der Waals surface area contributed by atoms with Gasteiger partial charge in [-0.1, -0.05) is 0 Å². The first-order valence-electron chi connectivity index (χ1n) is 10.2. The monoisotopic (exact) mass is 476 g/mol. The molecule has 1 saturated heterocycles. The standard InChI is InChI=1S/C22H20O12/c23-6-12-14(25)17(28)18(29)22(33-12)34-21-16(27)13-10(5-11-20(15(13)26)31-7-30-11)32-19(21)8-1-3-9(24)4-2-8/h1-5,12,14,17-18,22-26,28-29H,6-7H2/t12?,14?,17?,18?,22-/m0/s1. The number of hydrogen-bond donors (Lipinski definition) is 6. The largest absolute Gasteiger partial charge is 0.508 e. The summed E-state index contributed by atoms with van der Waals surface area (Å²) in [4.78, 5) is 13.5. The van der Waals surface area contributed by atoms with Crippen molar-refractivity contribution in [1.82, 2.24) is 0 Å². The van der Waals surface area contributed by atoms with E-state index in [0.717, 1.165) is 0 Å². The molecule has 180 valence electrons. The van der Waals surface area contributed by atoms with E-state index in [4.69, 9.17) is 23.4 Å². The molecule has 34 heavy (non-hydrogen) atoms. The molecule has 0 bridgehead atoms. The van der Waals surface area contributed by atoms with Crippen molar-refractivity contribution < 1.29 is 54.0 Å². The van der Waals surface area contributed by atoms with Crippen molar-refractivity contribution in [2.24, 2.45) is 0 Å². The van der Waals surface area contributed by atoms with Crippen LogP contribution >= 0.6 is 0 Å². The summed E-state index contributed by atoms with van der Waals surface area (Å²) in [6.45, 7) is -0.876. The zero-order chi connectivity index (χ0) is 24.1. The minimum atomic E-state index is -1.80. The van der Waals surface area contributed by atoms with Gasteiger partial charge in [-0.25, -0.2) is 0 Å². The summed E-state index contributed by atoms with van der Waals surface area (Å²) in [6.07, 6.45) is -8.15. The highest BCUT2D eigenvalue weighted by molar-refractivity contribution is 5.91. The third kappa shape index (κ3) is 3.48. The maximum atomic E-state index is 13.5. The fourth-order valence-electron chi connectivity index (χ4n) is 3.87. The lowest BCUT2D eigenvalue weighted by Gasteiger charge is -2.39. The molecule has 3 aromatic rings. The molecule has 0 aliphatic carbocycles. The molecule has 6 N–H and O–H groups in total. The molecule has 5 rings (SSSR count). The molecular formula is C22H20O12. The first-order valence-corrected chi connectivity index (χ1v) is 10.2. The van der Waals surface area contributed by atoms with Crippen molar-refractivity contribution in [2.45, 2.75) is 30.7 Å². The van der Waals surface area contributed by atoms with Crippen LogP contribution in [-0.2, 0) is 4.74 Å². The number of aromatic hydroxyl groups is 2. The number of aliphatic hydroxyl groups excluding tert-OH is 4. The fraction of sp³-hybridized carbons (Fsp3) is 0.318. The quantitative estimate of drug-likeness (QED) is 0.291. The van der Waals surface area contributed by atoms with Crippen LogP contribution in [0.2, 0.25) is 0 Å². The van der Waals surface area contributed by atoms with Crippen molar-refractivity contribution in [1.29, 1.82) is 0 Å². The lowest BCUT2D eigenvalue weighted by atomic mass is 9.99. The highest BCUT2D eigenvalue weighted by Gasteiger charge is 2.45. The van der Waals surface area contributed by atoms with Gasteiger partial charge >= 0.3 is 0 Å². The van der Waals surface area contributed by atoms with E-state index in [0.29, 0.717) is 0 Å². The van der Waals surface area contributed by atoms with Gasteiger partial charge in [0.25, 0.3) is 0 Å². The Labute approximate surface area is 190 Å². The Bertz CT molecular complexity index is 1280. The highest BCUT2D eigenvalue weighted by atomic mass is 16.7. The summed E-state index contributed by atoms with van der Waals surface area (Å²) < 4.78 is 27.4. The second-order valence-corrected chi connectivity index (χ2v) is 7.78. The highest BCUT2D eigenvalue weighted by Crippen LogP contribution is 2.46. The molecule has 2 aromatic carbocycles. The third-order valence-corrected chi connectivity index (χ3v) is 5.67. The van der Waals surface area contributed by atoms with Gasteiger partial charge in [-0.15, -0.1) is 0 Å². The lowest BCUT2D eigenvalue weighted by molar-refractivity contribution is -0.277. The topological polar surface area (TPSA) is 189 Å². The van der Waals surface area contributed by atoms with Crippen molar-refractivity contribution >= 4 is 11.0 Å². The number of phenols is 2. The van der Waals surface area contributed by atoms with Gasteiger partial charge < -0.3 is 54.0 Å². The minimum Gasteiger partial charge on any atom is -0.508 e. The van der Waals surface area contributed by atoms with Gasteiger partial charge in [-0.05, 0) is 24.3 Å². The molecule has 0 spiro atoms.